The summed E-state index contributed by atoms with van der Waals surface area (Å²) in [6, 6.07) is 3.51. The van der Waals surface area contributed by atoms with Crippen molar-refractivity contribution in [2.45, 2.75) is 50.8 Å². The van der Waals surface area contributed by atoms with Crippen LogP contribution in [0.1, 0.15) is 44.3 Å². The fourth-order valence-corrected chi connectivity index (χ4v) is 6.05. The minimum atomic E-state index is -1.22. The average molecular weight is 540 g/mol. The summed E-state index contributed by atoms with van der Waals surface area (Å²) in [5, 5.41) is 18.4. The number of rotatable bonds is 2. The molecular weight excluding hydrogens is 501 g/mol. The Morgan fingerprint density at radius 2 is 2.05 bits per heavy atom. The van der Waals surface area contributed by atoms with Crippen LogP contribution < -0.4 is 15.1 Å². The minimum Gasteiger partial charge on any atom is -0.395 e. The van der Waals surface area contributed by atoms with Gasteiger partial charge in [-0.1, -0.05) is 6.08 Å². The second-order valence-corrected chi connectivity index (χ2v) is 11.3. The van der Waals surface area contributed by atoms with Crippen LogP contribution in [0.3, 0.4) is 0 Å². The van der Waals surface area contributed by atoms with Gasteiger partial charge < -0.3 is 29.9 Å². The molecule has 3 aliphatic heterocycles. The Kier molecular flexibility index (Phi) is 7.07. The minimum absolute atomic E-state index is 0.121. The quantitative estimate of drug-likeness (QED) is 0.600. The summed E-state index contributed by atoms with van der Waals surface area (Å²) < 4.78 is 22.7. The number of aliphatic hydroxyl groups excluding tert-OH is 1. The lowest BCUT2D eigenvalue weighted by Gasteiger charge is -2.43. The van der Waals surface area contributed by atoms with Crippen LogP contribution in [0.15, 0.2) is 36.2 Å². The first kappa shape index (κ1) is 26.2. The van der Waals surface area contributed by atoms with Crippen molar-refractivity contribution in [2.24, 2.45) is 5.41 Å². The van der Waals surface area contributed by atoms with Gasteiger partial charge in [-0.05, 0) is 44.8 Å². The Labute approximate surface area is 228 Å². The van der Waals surface area contributed by atoms with Crippen LogP contribution in [0.2, 0.25) is 0 Å². The molecule has 2 N–H and O–H groups in total. The van der Waals surface area contributed by atoms with Crippen LogP contribution in [0.5, 0.6) is 0 Å². The zero-order valence-electron chi connectivity index (χ0n) is 22.7. The lowest BCUT2D eigenvalue weighted by atomic mass is 9.78. The first-order chi connectivity index (χ1) is 18.9. The third-order valence-electron chi connectivity index (χ3n) is 8.59. The highest BCUT2D eigenvalue weighted by Crippen LogP contribution is 2.40. The number of allylic oxidation sites excluding steroid dienone is 2. The maximum Gasteiger partial charge on any atom is 0.235 e. The Morgan fingerprint density at radius 1 is 1.21 bits per heavy atom. The lowest BCUT2D eigenvalue weighted by Crippen LogP contribution is -2.52. The summed E-state index contributed by atoms with van der Waals surface area (Å²) in [4.78, 5) is 25.5. The molecule has 3 unspecified atom stereocenters. The molecule has 1 amide bonds. The number of hydrogen-bond donors (Lipinski definition) is 2. The van der Waals surface area contributed by atoms with Gasteiger partial charge in [0, 0.05) is 51.9 Å². The molecule has 2 bridgehead atoms. The molecule has 2 saturated heterocycles. The topological polar surface area (TPSA) is 98.5 Å². The van der Waals surface area contributed by atoms with Crippen molar-refractivity contribution in [3.63, 3.8) is 0 Å². The normalized spacial score (nSPS) is 30.3. The van der Waals surface area contributed by atoms with E-state index in [1.54, 1.807) is 13.0 Å². The molecule has 10 nitrogen and oxygen atoms in total. The Balaban J connectivity index is 1.45. The van der Waals surface area contributed by atoms with Crippen LogP contribution in [0, 0.1) is 5.41 Å². The summed E-state index contributed by atoms with van der Waals surface area (Å²) >= 11 is 0. The van der Waals surface area contributed by atoms with Gasteiger partial charge in [-0.3, -0.25) is 4.79 Å². The van der Waals surface area contributed by atoms with E-state index in [0.29, 0.717) is 19.6 Å². The molecule has 2 aromatic rings. The van der Waals surface area contributed by atoms with Gasteiger partial charge in [-0.2, -0.15) is 9.61 Å². The molecule has 1 aliphatic carbocycles. The number of aromatic nitrogens is 3. The van der Waals surface area contributed by atoms with Crippen molar-refractivity contribution >= 4 is 23.2 Å². The molecular formula is C28H38FN7O3. The van der Waals surface area contributed by atoms with Gasteiger partial charge in [0.25, 0.3) is 0 Å². The highest BCUT2D eigenvalue weighted by Gasteiger charge is 2.46. The number of aliphatic hydroxyl groups is 1. The van der Waals surface area contributed by atoms with Crippen molar-refractivity contribution in [3.8, 4) is 0 Å². The third-order valence-corrected chi connectivity index (χ3v) is 8.59. The summed E-state index contributed by atoms with van der Waals surface area (Å²) in [6.07, 6.45) is 7.48. The number of carbonyl (C=O) groups is 1. The highest BCUT2D eigenvalue weighted by atomic mass is 19.1. The molecule has 11 heteroatoms. The third kappa shape index (κ3) is 4.81. The van der Waals surface area contributed by atoms with E-state index in [1.807, 2.05) is 22.5 Å². The van der Waals surface area contributed by atoms with E-state index in [9.17, 15) is 14.3 Å². The predicted molar refractivity (Wildman–Crippen MR) is 146 cm³/mol. The van der Waals surface area contributed by atoms with Crippen LogP contribution >= 0.6 is 0 Å². The lowest BCUT2D eigenvalue weighted by molar-refractivity contribution is -0.149. The molecule has 39 heavy (non-hydrogen) atoms. The van der Waals surface area contributed by atoms with Crippen molar-refractivity contribution in [3.05, 3.63) is 41.9 Å². The Hall–Kier alpha value is -3.02. The molecule has 210 valence electrons. The summed E-state index contributed by atoms with van der Waals surface area (Å²) in [5.74, 6) is 1.22. The van der Waals surface area contributed by atoms with Gasteiger partial charge in [0.05, 0.1) is 42.5 Å². The molecule has 0 aromatic carbocycles. The number of amides is 1. The number of halogens is 1. The molecule has 5 heterocycles. The van der Waals surface area contributed by atoms with Gasteiger partial charge in [-0.25, -0.2) is 9.37 Å². The molecule has 0 spiro atoms. The maximum atomic E-state index is 14.6. The number of carbonyl (C=O) groups excluding carboxylic acids is 1. The van der Waals surface area contributed by atoms with E-state index < -0.39 is 17.3 Å². The molecule has 2 fully saturated rings. The highest BCUT2D eigenvalue weighted by molar-refractivity contribution is 5.86. The van der Waals surface area contributed by atoms with Crippen molar-refractivity contribution in [1.82, 2.24) is 24.8 Å². The smallest absolute Gasteiger partial charge is 0.235 e. The van der Waals surface area contributed by atoms with Gasteiger partial charge >= 0.3 is 0 Å². The largest absolute Gasteiger partial charge is 0.395 e. The van der Waals surface area contributed by atoms with Crippen LogP contribution in [0.4, 0.5) is 16.0 Å². The van der Waals surface area contributed by atoms with E-state index in [0.717, 1.165) is 61.7 Å². The van der Waals surface area contributed by atoms with E-state index >= 15 is 0 Å². The second-order valence-electron chi connectivity index (χ2n) is 11.3. The van der Waals surface area contributed by atoms with Crippen molar-refractivity contribution in [1.29, 1.82) is 0 Å². The molecule has 0 saturated carbocycles. The standard InChI is InChI=1S/C28H38FN7O3/c1-28-16-19(29)7-8-23(28)39-18-20(17-37)30-9-13-33(2)26-15-24(34-10-5-11-34)31-25-14-21(32-36(25)26)22-6-3-4-12-35(22)27(28)38/h7-8,14-16,20,22-23,30,37H,3-6,9-13,17-18H2,1-2H3/t20?,22-,23?,28?/m0/s1. The van der Waals surface area contributed by atoms with Gasteiger partial charge in [0.2, 0.25) is 5.91 Å². The summed E-state index contributed by atoms with van der Waals surface area (Å²) in [6.45, 7) is 5.62. The Bertz CT molecular complexity index is 1290. The first-order valence-electron chi connectivity index (χ1n) is 14.1. The molecule has 4 atom stereocenters. The van der Waals surface area contributed by atoms with Crippen LogP contribution in [-0.2, 0) is 9.53 Å². The number of nitrogens with one attached hydrogen (secondary N) is 1. The summed E-state index contributed by atoms with van der Waals surface area (Å²) in [7, 11) is 2.03. The number of nitrogens with zero attached hydrogens (tertiary/aromatic N) is 6. The fourth-order valence-electron chi connectivity index (χ4n) is 6.05. The van der Waals surface area contributed by atoms with E-state index in [1.165, 1.54) is 12.2 Å². The van der Waals surface area contributed by atoms with Gasteiger partial charge in [0.15, 0.2) is 5.65 Å². The van der Waals surface area contributed by atoms with E-state index in [4.69, 9.17) is 14.8 Å². The monoisotopic (exact) mass is 539 g/mol. The van der Waals surface area contributed by atoms with Gasteiger partial charge in [0.1, 0.15) is 17.5 Å². The van der Waals surface area contributed by atoms with Crippen LogP contribution in [0.25, 0.3) is 5.65 Å². The predicted octanol–water partition coefficient (Wildman–Crippen LogP) is 2.21. The van der Waals surface area contributed by atoms with Gasteiger partial charge in [-0.15, -0.1) is 0 Å². The molecule has 6 rings (SSSR count). The fraction of sp³-hybridized carbons (Fsp3) is 0.607. The number of fused-ring (bicyclic) bond motifs is 4. The van der Waals surface area contributed by atoms with Crippen LogP contribution in [-0.4, -0.2) is 95.6 Å². The number of ether oxygens (including phenoxy) is 1. The molecule has 0 radical (unpaired) electrons. The van der Waals surface area contributed by atoms with Crippen molar-refractivity contribution < 1.29 is 19.0 Å². The number of piperidine rings is 1. The maximum absolute atomic E-state index is 14.6. The molecule has 4 aliphatic rings. The van der Waals surface area contributed by atoms with E-state index in [-0.39, 0.29) is 31.2 Å². The van der Waals surface area contributed by atoms with Crippen molar-refractivity contribution in [2.75, 3.05) is 62.8 Å². The number of hydrogen-bond acceptors (Lipinski definition) is 8. The molecule has 2 aromatic heterocycles. The van der Waals surface area contributed by atoms with E-state index in [2.05, 4.69) is 21.2 Å². The zero-order chi connectivity index (χ0) is 27.1. The zero-order valence-corrected chi connectivity index (χ0v) is 22.7. The average Bonchev–Trinajstić information content (AvgIpc) is 3.33. The first-order valence-corrected chi connectivity index (χ1v) is 14.1. The number of likely N-dealkylation sites (N-methyl/N-ethyl adjacent to an activating group) is 1. The Morgan fingerprint density at radius 3 is 2.82 bits per heavy atom. The summed E-state index contributed by atoms with van der Waals surface area (Å²) in [5.41, 5.74) is 0.325. The number of anilines is 2. The SMILES string of the molecule is CN1CCNC(CO)COC2C=CC(F)=CC2(C)C(=O)N2CCCC[C@H]2c2cc3nc(N4CCC4)cc1n3n2. The second kappa shape index (κ2) is 10.5.